The van der Waals surface area contributed by atoms with Gasteiger partial charge in [-0.1, -0.05) is 61.6 Å². The third kappa shape index (κ3) is 2.82. The molecule has 3 heteroatoms. The van der Waals surface area contributed by atoms with Gasteiger partial charge in [0, 0.05) is 15.5 Å². The van der Waals surface area contributed by atoms with Crippen LogP contribution in [0.15, 0.2) is 0 Å². The lowest BCUT2D eigenvalue weighted by atomic mass is 9.87. The molecule has 61 valence electrons. The summed E-state index contributed by atoms with van der Waals surface area (Å²) in [6.45, 7) is 4.32. The van der Waals surface area contributed by atoms with Crippen molar-refractivity contribution in [3.05, 3.63) is 6.42 Å². The molecule has 0 spiro atoms. The van der Waals surface area contributed by atoms with E-state index in [2.05, 4.69) is 68.1 Å². The Morgan fingerprint density at radius 3 is 2.10 bits per heavy atom. The minimum atomic E-state index is 0.253. The van der Waals surface area contributed by atoms with E-state index in [1.165, 1.54) is 0 Å². The molecule has 0 aromatic heterocycles. The lowest BCUT2D eigenvalue weighted by Gasteiger charge is -2.29. The summed E-state index contributed by atoms with van der Waals surface area (Å²) in [7, 11) is 0. The highest BCUT2D eigenvalue weighted by Gasteiger charge is 2.28. The third-order valence-corrected chi connectivity index (χ3v) is 5.89. The van der Waals surface area contributed by atoms with Crippen molar-refractivity contribution in [1.82, 2.24) is 0 Å². The quantitative estimate of drug-likeness (QED) is 0.686. The van der Waals surface area contributed by atoms with Gasteiger partial charge >= 0.3 is 0 Å². The van der Waals surface area contributed by atoms with Crippen molar-refractivity contribution < 1.29 is 0 Å². The molecule has 0 heterocycles. The molecule has 0 aliphatic rings. The van der Waals surface area contributed by atoms with E-state index in [0.29, 0.717) is 4.83 Å². The molecule has 0 fully saturated rings. The molecule has 0 amide bonds. The predicted molar refractivity (Wildman–Crippen MR) is 58.4 cm³/mol. The molecule has 2 unspecified atom stereocenters. The average molecular weight is 336 g/mol. The first-order chi connectivity index (χ1) is 4.60. The normalized spacial score (nSPS) is 20.1. The Balaban J connectivity index is 4.02. The van der Waals surface area contributed by atoms with Crippen LogP contribution in [-0.4, -0.2) is 15.5 Å². The molecule has 0 bridgehead atoms. The zero-order valence-corrected chi connectivity index (χ0v) is 11.0. The second-order valence-corrected chi connectivity index (χ2v) is 4.86. The molecule has 10 heavy (non-hydrogen) atoms. The smallest absolute Gasteiger partial charge is 0.0307 e. The van der Waals surface area contributed by atoms with Crippen LogP contribution in [0.25, 0.3) is 0 Å². The van der Waals surface area contributed by atoms with Crippen LogP contribution in [0.5, 0.6) is 0 Å². The molecule has 1 radical (unpaired) electrons. The number of hydrogen-bond donors (Lipinski definition) is 0. The first kappa shape index (κ1) is 11.4. The standard InChI is InChI=1S/C7H12Br3/c1-3-7(2,5-9)6(10)4-8/h3,6H,4-5H2,1-2H3. The molecule has 0 aromatic carbocycles. The Hall–Kier alpha value is 1.44. The van der Waals surface area contributed by atoms with Gasteiger partial charge in [-0.2, -0.15) is 0 Å². The van der Waals surface area contributed by atoms with Crippen molar-refractivity contribution in [2.24, 2.45) is 5.41 Å². The van der Waals surface area contributed by atoms with Gasteiger partial charge in [-0.05, 0) is 11.8 Å². The third-order valence-electron chi connectivity index (χ3n) is 1.80. The maximum atomic E-state index is 3.61. The van der Waals surface area contributed by atoms with Crippen molar-refractivity contribution >= 4 is 47.8 Å². The van der Waals surface area contributed by atoms with Crippen molar-refractivity contribution in [3.8, 4) is 0 Å². The molecule has 0 rings (SSSR count). The molecular formula is C7H12Br3. The second-order valence-electron chi connectivity index (χ2n) is 2.55. The van der Waals surface area contributed by atoms with Crippen molar-refractivity contribution in [2.75, 3.05) is 10.7 Å². The average Bonchev–Trinajstić information content (AvgIpc) is 2.01. The topological polar surface area (TPSA) is 0 Å². The highest BCUT2D eigenvalue weighted by molar-refractivity contribution is 9.12. The summed E-state index contributed by atoms with van der Waals surface area (Å²) in [4.78, 5) is 0.504. The van der Waals surface area contributed by atoms with Gasteiger partial charge in [-0.25, -0.2) is 0 Å². The van der Waals surface area contributed by atoms with Gasteiger partial charge in [0.1, 0.15) is 0 Å². The number of alkyl halides is 3. The van der Waals surface area contributed by atoms with Gasteiger partial charge < -0.3 is 0 Å². The molecule has 0 N–H and O–H groups in total. The zero-order chi connectivity index (χ0) is 8.20. The summed E-state index contributed by atoms with van der Waals surface area (Å²) in [6, 6.07) is 0. The Labute approximate surface area is 88.5 Å². The Bertz CT molecular complexity index is 88.9. The molecule has 2 atom stereocenters. The van der Waals surface area contributed by atoms with Gasteiger partial charge in [0.05, 0.1) is 0 Å². The Kier molecular flexibility index (Phi) is 5.89. The molecule has 0 aliphatic heterocycles. The summed E-state index contributed by atoms with van der Waals surface area (Å²) >= 11 is 10.5. The molecule has 0 aliphatic carbocycles. The van der Waals surface area contributed by atoms with E-state index in [1.54, 1.807) is 0 Å². The highest BCUT2D eigenvalue weighted by atomic mass is 79.9. The first-order valence-corrected chi connectivity index (χ1v) is 6.33. The monoisotopic (exact) mass is 333 g/mol. The SMILES string of the molecule is C[CH]C(C)(CBr)C(Br)CBr. The van der Waals surface area contributed by atoms with Crippen LogP contribution < -0.4 is 0 Å². The van der Waals surface area contributed by atoms with Gasteiger partial charge in [0.2, 0.25) is 0 Å². The molecule has 0 saturated heterocycles. The fourth-order valence-electron chi connectivity index (χ4n) is 0.518. The van der Waals surface area contributed by atoms with E-state index >= 15 is 0 Å². The van der Waals surface area contributed by atoms with E-state index in [0.717, 1.165) is 10.7 Å². The van der Waals surface area contributed by atoms with Gasteiger partial charge in [0.25, 0.3) is 0 Å². The molecular weight excluding hydrogens is 324 g/mol. The van der Waals surface area contributed by atoms with Crippen molar-refractivity contribution in [1.29, 1.82) is 0 Å². The van der Waals surface area contributed by atoms with Crippen LogP contribution in [0.3, 0.4) is 0 Å². The van der Waals surface area contributed by atoms with Gasteiger partial charge in [-0.15, -0.1) is 0 Å². The van der Waals surface area contributed by atoms with Crippen molar-refractivity contribution in [3.63, 3.8) is 0 Å². The highest BCUT2D eigenvalue weighted by Crippen LogP contribution is 2.33. The van der Waals surface area contributed by atoms with Gasteiger partial charge in [-0.3, -0.25) is 0 Å². The van der Waals surface area contributed by atoms with Crippen LogP contribution in [0.1, 0.15) is 13.8 Å². The summed E-state index contributed by atoms with van der Waals surface area (Å²) in [5, 5.41) is 1.98. The summed E-state index contributed by atoms with van der Waals surface area (Å²) < 4.78 is 0. The number of rotatable bonds is 4. The van der Waals surface area contributed by atoms with Crippen LogP contribution in [0.4, 0.5) is 0 Å². The summed E-state index contributed by atoms with van der Waals surface area (Å²) in [5.41, 5.74) is 0.253. The Morgan fingerprint density at radius 1 is 1.50 bits per heavy atom. The van der Waals surface area contributed by atoms with Crippen LogP contribution in [0.2, 0.25) is 0 Å². The maximum Gasteiger partial charge on any atom is 0.0307 e. The lowest BCUT2D eigenvalue weighted by Crippen LogP contribution is -2.30. The number of hydrogen-bond acceptors (Lipinski definition) is 0. The fraction of sp³-hybridized carbons (Fsp3) is 0.857. The fourth-order valence-corrected chi connectivity index (χ4v) is 2.83. The second kappa shape index (κ2) is 5.15. The predicted octanol–water partition coefficient (Wildman–Crippen LogP) is 3.77. The summed E-state index contributed by atoms with van der Waals surface area (Å²) in [5.74, 6) is 0. The van der Waals surface area contributed by atoms with Crippen molar-refractivity contribution in [2.45, 2.75) is 18.7 Å². The minimum Gasteiger partial charge on any atom is -0.0922 e. The molecule has 0 aromatic rings. The molecule has 0 nitrogen and oxygen atoms in total. The van der Waals surface area contributed by atoms with E-state index < -0.39 is 0 Å². The largest absolute Gasteiger partial charge is 0.0922 e. The Morgan fingerprint density at radius 2 is 2.00 bits per heavy atom. The minimum absolute atomic E-state index is 0.253. The van der Waals surface area contributed by atoms with E-state index in [-0.39, 0.29) is 5.41 Å². The zero-order valence-electron chi connectivity index (χ0n) is 6.20. The van der Waals surface area contributed by atoms with E-state index in [4.69, 9.17) is 0 Å². The van der Waals surface area contributed by atoms with Crippen LogP contribution in [0, 0.1) is 11.8 Å². The summed E-state index contributed by atoms with van der Waals surface area (Å²) in [6.07, 6.45) is 2.22. The number of halogens is 3. The van der Waals surface area contributed by atoms with E-state index in [1.807, 2.05) is 0 Å². The van der Waals surface area contributed by atoms with Gasteiger partial charge in [0.15, 0.2) is 0 Å². The first-order valence-electron chi connectivity index (χ1n) is 3.17. The van der Waals surface area contributed by atoms with Crippen LogP contribution in [-0.2, 0) is 0 Å². The lowest BCUT2D eigenvalue weighted by molar-refractivity contribution is 0.460. The van der Waals surface area contributed by atoms with Crippen LogP contribution >= 0.6 is 47.8 Å². The van der Waals surface area contributed by atoms with E-state index in [9.17, 15) is 0 Å². The maximum absolute atomic E-state index is 3.61. The molecule has 0 saturated carbocycles.